The van der Waals surface area contributed by atoms with E-state index in [1.807, 2.05) is 17.7 Å². The Labute approximate surface area is 101 Å². The van der Waals surface area contributed by atoms with Gasteiger partial charge in [0.05, 0.1) is 6.61 Å². The Morgan fingerprint density at radius 3 is 3.00 bits per heavy atom. The molecule has 0 aliphatic carbocycles. The van der Waals surface area contributed by atoms with Gasteiger partial charge in [0.15, 0.2) is 0 Å². The van der Waals surface area contributed by atoms with Crippen molar-refractivity contribution in [2.45, 2.75) is 45.8 Å². The van der Waals surface area contributed by atoms with Crippen LogP contribution >= 0.6 is 0 Å². The maximum Gasteiger partial charge on any atom is 0.305 e. The first-order valence-electron chi connectivity index (χ1n) is 6.04. The van der Waals surface area contributed by atoms with Crippen LogP contribution in [0.15, 0.2) is 12.4 Å². The predicted molar refractivity (Wildman–Crippen MR) is 63.3 cm³/mol. The maximum atomic E-state index is 11.1. The zero-order valence-corrected chi connectivity index (χ0v) is 10.3. The van der Waals surface area contributed by atoms with Gasteiger partial charge in [0.2, 0.25) is 0 Å². The fraction of sp³-hybridized carbons (Fsp3) is 0.667. The lowest BCUT2D eigenvalue weighted by atomic mass is 10.2. The van der Waals surface area contributed by atoms with Gasteiger partial charge in [-0.2, -0.15) is 0 Å². The number of rotatable bonds is 8. The first kappa shape index (κ1) is 13.7. The standard InChI is InChI=1S/C12H20N2O3/c1-2-17-12(16)6-4-3-5-8-14-9-7-13-11(14)10-15/h7,9,15H,2-6,8,10H2,1H3. The molecule has 0 radical (unpaired) electrons. The topological polar surface area (TPSA) is 64.4 Å². The van der Waals surface area contributed by atoms with Crippen LogP contribution in [0.5, 0.6) is 0 Å². The number of aliphatic hydroxyl groups is 1. The molecule has 5 nitrogen and oxygen atoms in total. The van der Waals surface area contributed by atoms with Gasteiger partial charge in [0, 0.05) is 25.4 Å². The van der Waals surface area contributed by atoms with Crippen molar-refractivity contribution in [1.29, 1.82) is 0 Å². The predicted octanol–water partition coefficient (Wildman–Crippen LogP) is 1.50. The molecule has 1 N–H and O–H groups in total. The molecule has 0 aliphatic heterocycles. The molecule has 0 aromatic carbocycles. The summed E-state index contributed by atoms with van der Waals surface area (Å²) in [5.41, 5.74) is 0. The highest BCUT2D eigenvalue weighted by atomic mass is 16.5. The van der Waals surface area contributed by atoms with Gasteiger partial charge < -0.3 is 14.4 Å². The van der Waals surface area contributed by atoms with Crippen LogP contribution in [0.25, 0.3) is 0 Å². The largest absolute Gasteiger partial charge is 0.466 e. The highest BCUT2D eigenvalue weighted by Gasteiger charge is 2.02. The molecule has 0 atom stereocenters. The van der Waals surface area contributed by atoms with E-state index in [-0.39, 0.29) is 12.6 Å². The lowest BCUT2D eigenvalue weighted by Crippen LogP contribution is -2.05. The van der Waals surface area contributed by atoms with E-state index in [1.165, 1.54) is 0 Å². The highest BCUT2D eigenvalue weighted by Crippen LogP contribution is 2.05. The average molecular weight is 240 g/mol. The van der Waals surface area contributed by atoms with E-state index in [4.69, 9.17) is 9.84 Å². The lowest BCUT2D eigenvalue weighted by Gasteiger charge is -2.05. The van der Waals surface area contributed by atoms with Crippen molar-refractivity contribution in [1.82, 2.24) is 9.55 Å². The summed E-state index contributed by atoms with van der Waals surface area (Å²) in [4.78, 5) is 15.1. The van der Waals surface area contributed by atoms with Crippen LogP contribution in [0.4, 0.5) is 0 Å². The van der Waals surface area contributed by atoms with Crippen LogP contribution in [0.3, 0.4) is 0 Å². The summed E-state index contributed by atoms with van der Waals surface area (Å²) in [6, 6.07) is 0. The number of imidazole rings is 1. The minimum Gasteiger partial charge on any atom is -0.466 e. The lowest BCUT2D eigenvalue weighted by molar-refractivity contribution is -0.143. The number of ether oxygens (including phenoxy) is 1. The van der Waals surface area contributed by atoms with E-state index in [0.717, 1.165) is 25.8 Å². The number of aromatic nitrogens is 2. The highest BCUT2D eigenvalue weighted by molar-refractivity contribution is 5.69. The summed E-state index contributed by atoms with van der Waals surface area (Å²) in [6.07, 6.45) is 6.83. The molecule has 0 saturated heterocycles. The molecular formula is C12H20N2O3. The number of hydrogen-bond acceptors (Lipinski definition) is 4. The molecule has 0 aliphatic rings. The van der Waals surface area contributed by atoms with E-state index in [0.29, 0.717) is 18.9 Å². The fourth-order valence-electron chi connectivity index (χ4n) is 1.66. The number of esters is 1. The van der Waals surface area contributed by atoms with Gasteiger partial charge in [-0.1, -0.05) is 6.42 Å². The number of nitrogens with zero attached hydrogens (tertiary/aromatic N) is 2. The van der Waals surface area contributed by atoms with E-state index >= 15 is 0 Å². The third-order valence-electron chi connectivity index (χ3n) is 2.53. The zero-order chi connectivity index (χ0) is 12.5. The summed E-state index contributed by atoms with van der Waals surface area (Å²) in [5, 5.41) is 9.00. The van der Waals surface area contributed by atoms with Crippen molar-refractivity contribution in [3.8, 4) is 0 Å². The molecule has 0 unspecified atom stereocenters. The molecule has 17 heavy (non-hydrogen) atoms. The molecule has 96 valence electrons. The van der Waals surface area contributed by atoms with Crippen molar-refractivity contribution in [2.24, 2.45) is 0 Å². The number of carbonyl (C=O) groups excluding carboxylic acids is 1. The van der Waals surface area contributed by atoms with E-state index in [9.17, 15) is 4.79 Å². The van der Waals surface area contributed by atoms with Gasteiger partial charge >= 0.3 is 5.97 Å². The second kappa shape index (κ2) is 7.84. The van der Waals surface area contributed by atoms with Gasteiger partial charge in [-0.3, -0.25) is 4.79 Å². The van der Waals surface area contributed by atoms with Crippen LogP contribution < -0.4 is 0 Å². The first-order chi connectivity index (χ1) is 8.27. The molecule has 0 spiro atoms. The third kappa shape index (κ3) is 4.99. The van der Waals surface area contributed by atoms with Crippen LogP contribution in [0.2, 0.25) is 0 Å². The number of carbonyl (C=O) groups is 1. The molecule has 0 amide bonds. The second-order valence-electron chi connectivity index (χ2n) is 3.81. The van der Waals surface area contributed by atoms with Gasteiger partial charge in [0.1, 0.15) is 12.4 Å². The fourth-order valence-corrected chi connectivity index (χ4v) is 1.66. The Morgan fingerprint density at radius 1 is 1.47 bits per heavy atom. The average Bonchev–Trinajstić information content (AvgIpc) is 2.76. The molecule has 0 saturated carbocycles. The first-order valence-corrected chi connectivity index (χ1v) is 6.04. The number of unbranched alkanes of at least 4 members (excludes halogenated alkanes) is 2. The molecule has 1 aromatic heterocycles. The Hall–Kier alpha value is -1.36. The third-order valence-corrected chi connectivity index (χ3v) is 2.53. The van der Waals surface area contributed by atoms with Crippen LogP contribution in [0.1, 0.15) is 38.4 Å². The number of aryl methyl sites for hydroxylation is 1. The van der Waals surface area contributed by atoms with Crippen molar-refractivity contribution < 1.29 is 14.6 Å². The van der Waals surface area contributed by atoms with Crippen molar-refractivity contribution in [3.05, 3.63) is 18.2 Å². The Kier molecular flexibility index (Phi) is 6.32. The molecule has 1 heterocycles. The SMILES string of the molecule is CCOC(=O)CCCCCn1ccnc1CO. The van der Waals surface area contributed by atoms with Gasteiger partial charge in [0.25, 0.3) is 0 Å². The normalized spacial score (nSPS) is 10.5. The van der Waals surface area contributed by atoms with E-state index < -0.39 is 0 Å². The van der Waals surface area contributed by atoms with Crippen LogP contribution in [-0.2, 0) is 22.7 Å². The summed E-state index contributed by atoms with van der Waals surface area (Å²) in [6.45, 7) is 3.07. The van der Waals surface area contributed by atoms with Crippen molar-refractivity contribution in [2.75, 3.05) is 6.61 Å². The monoisotopic (exact) mass is 240 g/mol. The molecule has 0 bridgehead atoms. The summed E-state index contributed by atoms with van der Waals surface area (Å²) in [5.74, 6) is 0.571. The van der Waals surface area contributed by atoms with Gasteiger partial charge in [-0.25, -0.2) is 4.98 Å². The summed E-state index contributed by atoms with van der Waals surface area (Å²) >= 11 is 0. The van der Waals surface area contributed by atoms with Crippen LogP contribution in [0, 0.1) is 0 Å². The minimum absolute atomic E-state index is 0.0319. The molecular weight excluding hydrogens is 220 g/mol. The van der Waals surface area contributed by atoms with E-state index in [1.54, 1.807) is 6.20 Å². The van der Waals surface area contributed by atoms with Gasteiger partial charge in [-0.05, 0) is 19.8 Å². The van der Waals surface area contributed by atoms with Crippen molar-refractivity contribution in [3.63, 3.8) is 0 Å². The molecule has 1 rings (SSSR count). The second-order valence-corrected chi connectivity index (χ2v) is 3.81. The van der Waals surface area contributed by atoms with Gasteiger partial charge in [-0.15, -0.1) is 0 Å². The number of aliphatic hydroxyl groups excluding tert-OH is 1. The van der Waals surface area contributed by atoms with Crippen LogP contribution in [-0.4, -0.2) is 27.2 Å². The Bertz CT molecular complexity index is 336. The molecule has 1 aromatic rings. The zero-order valence-electron chi connectivity index (χ0n) is 10.3. The Morgan fingerprint density at radius 2 is 2.29 bits per heavy atom. The minimum atomic E-state index is -0.119. The summed E-state index contributed by atoms with van der Waals surface area (Å²) in [7, 11) is 0. The van der Waals surface area contributed by atoms with Crippen molar-refractivity contribution >= 4 is 5.97 Å². The quantitative estimate of drug-likeness (QED) is 0.552. The molecule has 5 heteroatoms. The van der Waals surface area contributed by atoms with E-state index in [2.05, 4.69) is 4.98 Å². The molecule has 0 fully saturated rings. The smallest absolute Gasteiger partial charge is 0.305 e. The summed E-state index contributed by atoms with van der Waals surface area (Å²) < 4.78 is 6.78. The number of hydrogen-bond donors (Lipinski definition) is 1. The maximum absolute atomic E-state index is 11.1. The Balaban J connectivity index is 2.10.